The summed E-state index contributed by atoms with van der Waals surface area (Å²) in [5, 5.41) is 0. The molecule has 0 spiro atoms. The van der Waals surface area contributed by atoms with Crippen molar-refractivity contribution in [3.05, 3.63) is 83.6 Å². The number of benzene rings is 2. The largest absolute Gasteiger partial charge is 0.490 e. The highest BCUT2D eigenvalue weighted by Gasteiger charge is 2.57. The van der Waals surface area contributed by atoms with Gasteiger partial charge in [0.25, 0.3) is 0 Å². The number of methoxy groups -OCH3 is 3. The maximum atomic E-state index is 13.5. The summed E-state index contributed by atoms with van der Waals surface area (Å²) in [6.45, 7) is 0. The first-order valence-corrected chi connectivity index (χ1v) is 10.5. The minimum atomic E-state index is -0.768. The number of allylic oxidation sites excluding steroid dienone is 1. The Bertz CT molecular complexity index is 995. The smallest absolute Gasteiger partial charge is 0.373 e. The maximum absolute atomic E-state index is 13.5. The number of rotatable bonds is 9. The zero-order valence-corrected chi connectivity index (χ0v) is 18.7. The lowest BCUT2D eigenvalue weighted by Gasteiger charge is -2.51. The molecule has 2 aromatic rings. The minimum Gasteiger partial charge on any atom is -0.490 e. The molecule has 0 heterocycles. The molecule has 0 amide bonds. The van der Waals surface area contributed by atoms with Gasteiger partial charge in [-0.1, -0.05) is 60.7 Å². The van der Waals surface area contributed by atoms with E-state index < -0.39 is 35.6 Å². The van der Waals surface area contributed by atoms with Gasteiger partial charge in [-0.3, -0.25) is 14.4 Å². The normalized spacial score (nSPS) is 22.0. The van der Waals surface area contributed by atoms with Gasteiger partial charge in [-0.05, 0) is 11.1 Å². The average molecular weight is 450 g/mol. The molecule has 33 heavy (non-hydrogen) atoms. The van der Waals surface area contributed by atoms with E-state index in [0.29, 0.717) is 0 Å². The SMILES string of the molecule is COC(=O)CC(=O)C1C(c2ccccc2)C(C(=O)C=C(OC)C(=O)OC)C1c1ccccc1. The van der Waals surface area contributed by atoms with Crippen molar-refractivity contribution in [3.63, 3.8) is 0 Å². The van der Waals surface area contributed by atoms with Crippen LogP contribution < -0.4 is 0 Å². The van der Waals surface area contributed by atoms with Crippen molar-refractivity contribution in [2.45, 2.75) is 18.3 Å². The molecule has 1 fully saturated rings. The Kier molecular flexibility index (Phi) is 7.77. The highest BCUT2D eigenvalue weighted by Crippen LogP contribution is 2.58. The quantitative estimate of drug-likeness (QED) is 0.251. The van der Waals surface area contributed by atoms with Crippen LogP contribution in [0.1, 0.15) is 29.4 Å². The maximum Gasteiger partial charge on any atom is 0.373 e. The van der Waals surface area contributed by atoms with E-state index >= 15 is 0 Å². The number of hydrogen-bond donors (Lipinski definition) is 0. The van der Waals surface area contributed by atoms with E-state index in [2.05, 4.69) is 4.74 Å². The summed E-state index contributed by atoms with van der Waals surface area (Å²) in [4.78, 5) is 50.5. The Labute approximate surface area is 192 Å². The van der Waals surface area contributed by atoms with Crippen LogP contribution >= 0.6 is 0 Å². The van der Waals surface area contributed by atoms with Gasteiger partial charge in [-0.25, -0.2) is 4.79 Å². The summed E-state index contributed by atoms with van der Waals surface area (Å²) in [5.74, 6) is -4.47. The van der Waals surface area contributed by atoms with Crippen molar-refractivity contribution in [2.75, 3.05) is 21.3 Å². The molecular weight excluding hydrogens is 424 g/mol. The molecule has 2 atom stereocenters. The number of carbonyl (C=O) groups excluding carboxylic acids is 4. The first-order chi connectivity index (χ1) is 15.9. The first-order valence-electron chi connectivity index (χ1n) is 10.5. The Morgan fingerprint density at radius 1 is 0.727 bits per heavy atom. The zero-order chi connectivity index (χ0) is 24.0. The molecule has 7 nitrogen and oxygen atoms in total. The molecule has 0 bridgehead atoms. The van der Waals surface area contributed by atoms with Gasteiger partial charge >= 0.3 is 11.9 Å². The molecule has 1 saturated carbocycles. The Morgan fingerprint density at radius 3 is 1.67 bits per heavy atom. The summed E-state index contributed by atoms with van der Waals surface area (Å²) in [5.41, 5.74) is 1.60. The predicted molar refractivity (Wildman–Crippen MR) is 119 cm³/mol. The standard InChI is InChI=1S/C26H26O7/c1-31-20(26(30)33-3)14-18(27)24-22(16-10-6-4-7-11-16)25(19(28)15-21(29)32-2)23(24)17-12-8-5-9-13-17/h4-14,22-25H,15H2,1-3H3. The predicted octanol–water partition coefficient (Wildman–Crippen LogP) is 3.20. The fourth-order valence-corrected chi connectivity index (χ4v) is 4.54. The number of ketones is 2. The van der Waals surface area contributed by atoms with Crippen LogP contribution in [0.2, 0.25) is 0 Å². The minimum absolute atomic E-state index is 0.217. The molecule has 0 N–H and O–H groups in total. The third-order valence-electron chi connectivity index (χ3n) is 6.04. The number of esters is 2. The van der Waals surface area contributed by atoms with Crippen molar-refractivity contribution in [1.29, 1.82) is 0 Å². The fraction of sp³-hybridized carbons (Fsp3) is 0.308. The molecule has 2 aromatic carbocycles. The molecule has 1 aliphatic rings. The van der Waals surface area contributed by atoms with Crippen LogP contribution in [0.5, 0.6) is 0 Å². The van der Waals surface area contributed by atoms with Crippen molar-refractivity contribution < 1.29 is 33.4 Å². The molecule has 0 radical (unpaired) electrons. The van der Waals surface area contributed by atoms with Crippen molar-refractivity contribution in [1.82, 2.24) is 0 Å². The van der Waals surface area contributed by atoms with Gasteiger partial charge in [0.15, 0.2) is 5.78 Å². The van der Waals surface area contributed by atoms with Gasteiger partial charge in [0.1, 0.15) is 12.2 Å². The topological polar surface area (TPSA) is 96.0 Å². The molecule has 172 valence electrons. The summed E-state index contributed by atoms with van der Waals surface area (Å²) in [6.07, 6.45) is 0.749. The van der Waals surface area contributed by atoms with Gasteiger partial charge in [-0.15, -0.1) is 0 Å². The lowest BCUT2D eigenvalue weighted by Crippen LogP contribution is -2.51. The number of hydrogen-bond acceptors (Lipinski definition) is 7. The average Bonchev–Trinajstić information content (AvgIpc) is 2.82. The second-order valence-corrected chi connectivity index (χ2v) is 7.75. The number of Topliss-reactive ketones (excluding diaryl/α,β-unsaturated/α-hetero) is 1. The highest BCUT2D eigenvalue weighted by atomic mass is 16.6. The van der Waals surface area contributed by atoms with E-state index in [0.717, 1.165) is 17.2 Å². The van der Waals surface area contributed by atoms with Crippen LogP contribution in [0.3, 0.4) is 0 Å². The van der Waals surface area contributed by atoms with Crippen molar-refractivity contribution >= 4 is 23.5 Å². The molecule has 1 aliphatic carbocycles. The summed E-state index contributed by atoms with van der Waals surface area (Å²) >= 11 is 0. The monoisotopic (exact) mass is 450 g/mol. The summed E-state index contributed by atoms with van der Waals surface area (Å²) in [7, 11) is 3.71. The van der Waals surface area contributed by atoms with E-state index in [9.17, 15) is 19.2 Å². The van der Waals surface area contributed by atoms with E-state index in [4.69, 9.17) is 9.47 Å². The van der Waals surface area contributed by atoms with Gasteiger partial charge < -0.3 is 14.2 Å². The molecule has 0 aromatic heterocycles. The van der Waals surface area contributed by atoms with Gasteiger partial charge in [0.05, 0.1) is 21.3 Å². The second kappa shape index (κ2) is 10.7. The van der Waals surface area contributed by atoms with E-state index in [1.807, 2.05) is 60.7 Å². The summed E-state index contributed by atoms with van der Waals surface area (Å²) in [6, 6.07) is 18.4. The third-order valence-corrected chi connectivity index (χ3v) is 6.04. The van der Waals surface area contributed by atoms with E-state index in [1.165, 1.54) is 21.3 Å². The van der Waals surface area contributed by atoms with Gasteiger partial charge in [0, 0.05) is 29.7 Å². The van der Waals surface area contributed by atoms with E-state index in [-0.39, 0.29) is 23.7 Å². The zero-order valence-electron chi connectivity index (χ0n) is 18.7. The Morgan fingerprint density at radius 2 is 1.24 bits per heavy atom. The Balaban J connectivity index is 2.09. The Hall–Kier alpha value is -3.74. The molecule has 2 unspecified atom stereocenters. The van der Waals surface area contributed by atoms with Crippen LogP contribution in [0.25, 0.3) is 0 Å². The highest BCUT2D eigenvalue weighted by molar-refractivity contribution is 6.04. The van der Waals surface area contributed by atoms with Crippen LogP contribution in [0.4, 0.5) is 0 Å². The summed E-state index contributed by atoms with van der Waals surface area (Å²) < 4.78 is 14.4. The van der Waals surface area contributed by atoms with E-state index in [1.54, 1.807) is 0 Å². The molecular formula is C26H26O7. The van der Waals surface area contributed by atoms with Crippen molar-refractivity contribution in [3.8, 4) is 0 Å². The lowest BCUT2D eigenvalue weighted by atomic mass is 9.50. The molecule has 3 rings (SSSR count). The second-order valence-electron chi connectivity index (χ2n) is 7.75. The fourth-order valence-electron chi connectivity index (χ4n) is 4.54. The van der Waals surface area contributed by atoms with Crippen LogP contribution in [-0.2, 0) is 33.4 Å². The van der Waals surface area contributed by atoms with Gasteiger partial charge in [0.2, 0.25) is 5.76 Å². The number of carbonyl (C=O) groups is 4. The number of ether oxygens (including phenoxy) is 3. The molecule has 0 saturated heterocycles. The van der Waals surface area contributed by atoms with Gasteiger partial charge in [-0.2, -0.15) is 0 Å². The van der Waals surface area contributed by atoms with Crippen LogP contribution in [0.15, 0.2) is 72.5 Å². The van der Waals surface area contributed by atoms with Crippen LogP contribution in [0, 0.1) is 11.8 Å². The first kappa shape index (κ1) is 23.9. The molecule has 7 heteroatoms. The third kappa shape index (κ3) is 5.03. The lowest BCUT2D eigenvalue weighted by molar-refractivity contribution is -0.147. The van der Waals surface area contributed by atoms with Crippen LogP contribution in [-0.4, -0.2) is 44.8 Å². The van der Waals surface area contributed by atoms with Crippen molar-refractivity contribution in [2.24, 2.45) is 11.8 Å². The molecule has 0 aliphatic heterocycles.